The van der Waals surface area contributed by atoms with Crippen molar-refractivity contribution in [1.82, 2.24) is 5.43 Å². The van der Waals surface area contributed by atoms with Gasteiger partial charge in [0.2, 0.25) is 0 Å². The summed E-state index contributed by atoms with van der Waals surface area (Å²) >= 11 is 3.05. The van der Waals surface area contributed by atoms with E-state index in [1.165, 1.54) is 12.1 Å². The third-order valence-electron chi connectivity index (χ3n) is 2.96. The van der Waals surface area contributed by atoms with Crippen LogP contribution in [-0.4, -0.2) is 19.8 Å². The van der Waals surface area contributed by atoms with Gasteiger partial charge in [-0.25, -0.2) is 8.78 Å². The molecule has 0 spiro atoms. The highest BCUT2D eigenvalue weighted by atomic mass is 79.9. The van der Waals surface area contributed by atoms with Crippen molar-refractivity contribution in [3.63, 3.8) is 0 Å². The fraction of sp³-hybridized carbons (Fsp3) is 0.538. The number of rotatable bonds is 7. The standard InChI is InChI=1S/C13H19BrF2N2O/c1-8(7-19-2)5-9(18-17)6-10-12(15)4-3-11(14)13(10)16/h3-4,8-9,18H,5-7,17H2,1-2H3. The zero-order chi connectivity index (χ0) is 14.4. The summed E-state index contributed by atoms with van der Waals surface area (Å²) in [6.07, 6.45) is 0.872. The van der Waals surface area contributed by atoms with Gasteiger partial charge in [-0.2, -0.15) is 0 Å². The maximum Gasteiger partial charge on any atom is 0.143 e. The number of hydrogen-bond acceptors (Lipinski definition) is 3. The SMILES string of the molecule is COCC(C)CC(Cc1c(F)ccc(Br)c1F)NN. The van der Waals surface area contributed by atoms with Crippen LogP contribution in [0, 0.1) is 17.6 Å². The van der Waals surface area contributed by atoms with Crippen molar-refractivity contribution in [3.05, 3.63) is 33.8 Å². The van der Waals surface area contributed by atoms with Gasteiger partial charge in [-0.15, -0.1) is 0 Å². The van der Waals surface area contributed by atoms with Crippen molar-refractivity contribution >= 4 is 15.9 Å². The summed E-state index contributed by atoms with van der Waals surface area (Å²) in [4.78, 5) is 0. The molecule has 1 aromatic carbocycles. The van der Waals surface area contributed by atoms with E-state index in [0.29, 0.717) is 13.0 Å². The number of methoxy groups -OCH3 is 1. The van der Waals surface area contributed by atoms with Gasteiger partial charge in [0.15, 0.2) is 0 Å². The molecule has 0 radical (unpaired) electrons. The number of halogens is 3. The third kappa shape index (κ3) is 4.80. The van der Waals surface area contributed by atoms with Crippen molar-refractivity contribution in [2.45, 2.75) is 25.8 Å². The average molecular weight is 337 g/mol. The predicted molar refractivity (Wildman–Crippen MR) is 74.5 cm³/mol. The van der Waals surface area contributed by atoms with E-state index < -0.39 is 11.6 Å². The normalized spacial score (nSPS) is 14.4. The molecule has 2 atom stereocenters. The summed E-state index contributed by atoms with van der Waals surface area (Å²) < 4.78 is 32.8. The summed E-state index contributed by atoms with van der Waals surface area (Å²) in [7, 11) is 1.62. The Kier molecular flexibility index (Phi) is 6.85. The van der Waals surface area contributed by atoms with Crippen molar-refractivity contribution in [2.75, 3.05) is 13.7 Å². The highest BCUT2D eigenvalue weighted by molar-refractivity contribution is 9.10. The molecule has 0 aliphatic heterocycles. The Morgan fingerprint density at radius 3 is 2.68 bits per heavy atom. The van der Waals surface area contributed by atoms with Gasteiger partial charge in [0.05, 0.1) is 4.47 Å². The van der Waals surface area contributed by atoms with Crippen LogP contribution in [0.4, 0.5) is 8.78 Å². The lowest BCUT2D eigenvalue weighted by Crippen LogP contribution is -2.39. The average Bonchev–Trinajstić information content (AvgIpc) is 2.38. The molecule has 0 bridgehead atoms. The molecule has 0 fully saturated rings. The van der Waals surface area contributed by atoms with Crippen molar-refractivity contribution in [2.24, 2.45) is 11.8 Å². The molecule has 0 aliphatic rings. The molecule has 1 rings (SSSR count). The largest absolute Gasteiger partial charge is 0.384 e. The van der Waals surface area contributed by atoms with Gasteiger partial charge in [-0.3, -0.25) is 11.3 Å². The highest BCUT2D eigenvalue weighted by Crippen LogP contribution is 2.23. The Labute approximate surface area is 120 Å². The molecule has 0 saturated carbocycles. The number of nitrogens with one attached hydrogen (secondary N) is 1. The number of ether oxygens (including phenoxy) is 1. The first-order chi connectivity index (χ1) is 8.99. The van der Waals surface area contributed by atoms with Crippen LogP contribution in [0.2, 0.25) is 0 Å². The van der Waals surface area contributed by atoms with Crippen LogP contribution in [0.25, 0.3) is 0 Å². The Morgan fingerprint density at radius 1 is 1.42 bits per heavy atom. The van der Waals surface area contributed by atoms with E-state index in [4.69, 9.17) is 10.6 Å². The van der Waals surface area contributed by atoms with E-state index >= 15 is 0 Å². The molecular formula is C13H19BrF2N2O. The van der Waals surface area contributed by atoms with Gasteiger partial charge in [-0.1, -0.05) is 6.92 Å². The van der Waals surface area contributed by atoms with E-state index in [0.717, 1.165) is 0 Å². The Bertz CT molecular complexity index is 418. The Balaban J connectivity index is 2.78. The summed E-state index contributed by atoms with van der Waals surface area (Å²) in [6.45, 7) is 2.59. The minimum atomic E-state index is -0.570. The molecule has 6 heteroatoms. The molecule has 0 heterocycles. The maximum atomic E-state index is 13.9. The second-order valence-electron chi connectivity index (χ2n) is 4.69. The summed E-state index contributed by atoms with van der Waals surface area (Å²) in [5.41, 5.74) is 2.65. The van der Waals surface area contributed by atoms with Gasteiger partial charge >= 0.3 is 0 Å². The third-order valence-corrected chi connectivity index (χ3v) is 3.58. The lowest BCUT2D eigenvalue weighted by molar-refractivity contribution is 0.149. The number of hydrazine groups is 1. The second kappa shape index (κ2) is 7.89. The van der Waals surface area contributed by atoms with Crippen molar-refractivity contribution in [1.29, 1.82) is 0 Å². The number of benzene rings is 1. The minimum Gasteiger partial charge on any atom is -0.384 e. The van der Waals surface area contributed by atoms with Gasteiger partial charge in [-0.05, 0) is 46.8 Å². The highest BCUT2D eigenvalue weighted by Gasteiger charge is 2.19. The summed E-state index contributed by atoms with van der Waals surface area (Å²) in [5, 5.41) is 0. The Morgan fingerprint density at radius 2 is 2.11 bits per heavy atom. The monoisotopic (exact) mass is 336 g/mol. The van der Waals surface area contributed by atoms with Crippen LogP contribution in [0.3, 0.4) is 0 Å². The minimum absolute atomic E-state index is 0.0435. The van der Waals surface area contributed by atoms with Gasteiger partial charge in [0, 0.05) is 25.3 Å². The topological polar surface area (TPSA) is 47.3 Å². The zero-order valence-corrected chi connectivity index (χ0v) is 12.6. The molecule has 1 aromatic rings. The Hall–Kier alpha value is -0.560. The molecule has 19 heavy (non-hydrogen) atoms. The van der Waals surface area contributed by atoms with E-state index in [1.807, 2.05) is 6.92 Å². The van der Waals surface area contributed by atoms with Crippen LogP contribution in [0.1, 0.15) is 18.9 Å². The van der Waals surface area contributed by atoms with Gasteiger partial charge < -0.3 is 4.74 Å². The van der Waals surface area contributed by atoms with E-state index in [-0.39, 0.29) is 28.4 Å². The first-order valence-electron chi connectivity index (χ1n) is 6.07. The van der Waals surface area contributed by atoms with Crippen LogP contribution < -0.4 is 11.3 Å². The first kappa shape index (κ1) is 16.5. The van der Waals surface area contributed by atoms with E-state index in [1.54, 1.807) is 7.11 Å². The summed E-state index contributed by atoms with van der Waals surface area (Å²) in [5.74, 6) is 4.58. The fourth-order valence-corrected chi connectivity index (χ4v) is 2.42. The van der Waals surface area contributed by atoms with Crippen LogP contribution >= 0.6 is 15.9 Å². The zero-order valence-electron chi connectivity index (χ0n) is 11.1. The molecule has 0 amide bonds. The smallest absolute Gasteiger partial charge is 0.143 e. The molecule has 0 saturated heterocycles. The molecule has 3 N–H and O–H groups in total. The van der Waals surface area contributed by atoms with Gasteiger partial charge in [0.25, 0.3) is 0 Å². The molecular weight excluding hydrogens is 318 g/mol. The molecule has 2 unspecified atom stereocenters. The number of nitrogens with two attached hydrogens (primary N) is 1. The lowest BCUT2D eigenvalue weighted by Gasteiger charge is -2.20. The van der Waals surface area contributed by atoms with Crippen LogP contribution in [-0.2, 0) is 11.2 Å². The van der Waals surface area contributed by atoms with Crippen molar-refractivity contribution < 1.29 is 13.5 Å². The summed E-state index contributed by atoms with van der Waals surface area (Å²) in [6, 6.07) is 2.39. The van der Waals surface area contributed by atoms with E-state index in [9.17, 15) is 8.78 Å². The van der Waals surface area contributed by atoms with Gasteiger partial charge in [0.1, 0.15) is 11.6 Å². The first-order valence-corrected chi connectivity index (χ1v) is 6.86. The van der Waals surface area contributed by atoms with Crippen LogP contribution in [0.5, 0.6) is 0 Å². The molecule has 3 nitrogen and oxygen atoms in total. The molecule has 108 valence electrons. The predicted octanol–water partition coefficient (Wildman–Crippen LogP) is 2.77. The van der Waals surface area contributed by atoms with E-state index in [2.05, 4.69) is 21.4 Å². The molecule has 0 aliphatic carbocycles. The quantitative estimate of drug-likeness (QED) is 0.457. The fourth-order valence-electron chi connectivity index (χ4n) is 2.05. The van der Waals surface area contributed by atoms with Crippen molar-refractivity contribution in [3.8, 4) is 0 Å². The lowest BCUT2D eigenvalue weighted by atomic mass is 9.96. The van der Waals surface area contributed by atoms with Crippen LogP contribution in [0.15, 0.2) is 16.6 Å². The number of hydrogen-bond donors (Lipinski definition) is 2. The second-order valence-corrected chi connectivity index (χ2v) is 5.54. The maximum absolute atomic E-state index is 13.9. The molecule has 0 aromatic heterocycles.